The number of methoxy groups -OCH3 is 1. The van der Waals surface area contributed by atoms with Crippen molar-refractivity contribution in [3.63, 3.8) is 0 Å². The second-order valence-electron chi connectivity index (χ2n) is 7.41. The van der Waals surface area contributed by atoms with Gasteiger partial charge in [0.25, 0.3) is 5.91 Å². The minimum Gasteiger partial charge on any atom is -0.465 e. The average molecular weight is 410 g/mol. The van der Waals surface area contributed by atoms with E-state index in [0.717, 1.165) is 55.2 Å². The fourth-order valence-corrected chi connectivity index (χ4v) is 3.83. The molecule has 0 saturated carbocycles. The largest absolute Gasteiger partial charge is 0.465 e. The number of hydrogen-bond donors (Lipinski definition) is 0. The third-order valence-electron chi connectivity index (χ3n) is 5.52. The zero-order valence-corrected chi connectivity index (χ0v) is 17.1. The van der Waals surface area contributed by atoms with Crippen molar-refractivity contribution in [2.24, 2.45) is 0 Å². The third kappa shape index (κ3) is 4.53. The van der Waals surface area contributed by atoms with Crippen molar-refractivity contribution in [3.05, 3.63) is 53.6 Å². The first-order chi connectivity index (χ1) is 14.7. The van der Waals surface area contributed by atoms with E-state index in [9.17, 15) is 9.59 Å². The molecule has 2 aromatic carbocycles. The van der Waals surface area contributed by atoms with Crippen LogP contribution in [0.5, 0.6) is 0 Å². The van der Waals surface area contributed by atoms with Crippen LogP contribution in [0.15, 0.2) is 42.5 Å². The van der Waals surface area contributed by atoms with Gasteiger partial charge in [-0.15, -0.1) is 0 Å². The van der Waals surface area contributed by atoms with Gasteiger partial charge in [-0.05, 0) is 29.3 Å². The molecule has 1 amide bonds. The summed E-state index contributed by atoms with van der Waals surface area (Å²) in [4.78, 5) is 28.8. The molecule has 2 heterocycles. The zero-order valence-electron chi connectivity index (χ0n) is 17.1. The Kier molecular flexibility index (Phi) is 6.42. The van der Waals surface area contributed by atoms with E-state index in [4.69, 9.17) is 14.2 Å². The lowest BCUT2D eigenvalue weighted by molar-refractivity contribution is -0.123. The van der Waals surface area contributed by atoms with E-state index in [1.807, 2.05) is 35.2 Å². The SMILES string of the molecule is COC(=O)c1cccc(-c2ccc3c(c2)N(CCN2CCOCC2)C(=O)COC3)c1. The molecule has 7 heteroatoms. The number of esters is 1. The summed E-state index contributed by atoms with van der Waals surface area (Å²) in [7, 11) is 1.37. The molecule has 0 unspecified atom stereocenters. The lowest BCUT2D eigenvalue weighted by Gasteiger charge is -2.30. The van der Waals surface area contributed by atoms with Gasteiger partial charge >= 0.3 is 5.97 Å². The van der Waals surface area contributed by atoms with Crippen LogP contribution in [0.2, 0.25) is 0 Å². The molecule has 158 valence electrons. The molecule has 2 aliphatic rings. The van der Waals surface area contributed by atoms with Crippen LogP contribution >= 0.6 is 0 Å². The molecule has 0 atom stereocenters. The van der Waals surface area contributed by atoms with Crippen LogP contribution in [0.3, 0.4) is 0 Å². The van der Waals surface area contributed by atoms with E-state index in [1.54, 1.807) is 12.1 Å². The first-order valence-corrected chi connectivity index (χ1v) is 10.2. The Bertz CT molecular complexity index is 924. The molecule has 0 bridgehead atoms. The normalized spacial score (nSPS) is 17.4. The second kappa shape index (κ2) is 9.38. The smallest absolute Gasteiger partial charge is 0.337 e. The van der Waals surface area contributed by atoms with Gasteiger partial charge in [0.1, 0.15) is 6.61 Å². The number of nitrogens with zero attached hydrogens (tertiary/aromatic N) is 2. The number of carbonyl (C=O) groups is 2. The van der Waals surface area contributed by atoms with Gasteiger partial charge in [0.2, 0.25) is 0 Å². The number of carbonyl (C=O) groups excluding carboxylic acids is 2. The number of benzene rings is 2. The van der Waals surface area contributed by atoms with Crippen LogP contribution in [0.4, 0.5) is 5.69 Å². The third-order valence-corrected chi connectivity index (χ3v) is 5.52. The fourth-order valence-electron chi connectivity index (χ4n) is 3.83. The topological polar surface area (TPSA) is 68.3 Å². The number of fused-ring (bicyclic) bond motifs is 1. The second-order valence-corrected chi connectivity index (χ2v) is 7.41. The maximum atomic E-state index is 12.8. The zero-order chi connectivity index (χ0) is 20.9. The Balaban J connectivity index is 1.62. The van der Waals surface area contributed by atoms with Crippen molar-refractivity contribution in [2.45, 2.75) is 6.61 Å². The van der Waals surface area contributed by atoms with E-state index < -0.39 is 0 Å². The monoisotopic (exact) mass is 410 g/mol. The molecule has 0 spiro atoms. The van der Waals surface area contributed by atoms with Gasteiger partial charge in [-0.3, -0.25) is 9.69 Å². The van der Waals surface area contributed by atoms with Crippen LogP contribution in [0.1, 0.15) is 15.9 Å². The lowest BCUT2D eigenvalue weighted by Crippen LogP contribution is -2.43. The first-order valence-electron chi connectivity index (χ1n) is 10.2. The van der Waals surface area contributed by atoms with Crippen molar-refractivity contribution < 1.29 is 23.8 Å². The first kappa shape index (κ1) is 20.5. The molecule has 0 N–H and O–H groups in total. The molecule has 1 fully saturated rings. The Morgan fingerprint density at radius 3 is 2.60 bits per heavy atom. The summed E-state index contributed by atoms with van der Waals surface area (Å²) in [5, 5.41) is 0. The maximum absolute atomic E-state index is 12.8. The molecule has 0 aromatic heterocycles. The molecule has 0 aliphatic carbocycles. The van der Waals surface area contributed by atoms with Gasteiger partial charge in [-0.2, -0.15) is 0 Å². The molecule has 0 radical (unpaired) electrons. The molecular formula is C23H26N2O5. The van der Waals surface area contributed by atoms with Crippen molar-refractivity contribution in [1.82, 2.24) is 4.90 Å². The predicted octanol–water partition coefficient (Wildman–Crippen LogP) is 2.34. The van der Waals surface area contributed by atoms with Gasteiger partial charge in [0.15, 0.2) is 0 Å². The van der Waals surface area contributed by atoms with Gasteiger partial charge in [0.05, 0.1) is 32.5 Å². The molecular weight excluding hydrogens is 384 g/mol. The minimum atomic E-state index is -0.373. The lowest BCUT2D eigenvalue weighted by atomic mass is 10.00. The summed E-state index contributed by atoms with van der Waals surface area (Å²) in [6.07, 6.45) is 0. The molecule has 2 aromatic rings. The summed E-state index contributed by atoms with van der Waals surface area (Å²) in [6, 6.07) is 13.3. The highest BCUT2D eigenvalue weighted by Crippen LogP contribution is 2.31. The summed E-state index contributed by atoms with van der Waals surface area (Å²) < 4.78 is 15.8. The maximum Gasteiger partial charge on any atom is 0.337 e. The van der Waals surface area contributed by atoms with Crippen LogP contribution in [-0.2, 0) is 25.6 Å². The molecule has 4 rings (SSSR count). The van der Waals surface area contributed by atoms with Crippen LogP contribution < -0.4 is 4.90 Å². The summed E-state index contributed by atoms with van der Waals surface area (Å²) in [5.74, 6) is -0.412. The van der Waals surface area contributed by atoms with Gasteiger partial charge in [-0.1, -0.05) is 24.3 Å². The number of ether oxygens (including phenoxy) is 3. The van der Waals surface area contributed by atoms with Gasteiger partial charge in [-0.25, -0.2) is 4.79 Å². The van der Waals surface area contributed by atoms with E-state index in [2.05, 4.69) is 4.90 Å². The van der Waals surface area contributed by atoms with Crippen LogP contribution in [-0.4, -0.2) is 69.9 Å². The summed E-state index contributed by atoms with van der Waals surface area (Å²) in [5.41, 5.74) is 4.17. The van der Waals surface area contributed by atoms with Gasteiger partial charge < -0.3 is 19.1 Å². The number of amides is 1. The standard InChI is InChI=1S/C23H26N2O5/c1-28-23(27)19-4-2-3-17(13-19)18-5-6-20-15-30-16-22(26)25(21(20)14-18)8-7-24-9-11-29-12-10-24/h2-6,13-14H,7-12,15-16H2,1H3. The van der Waals surface area contributed by atoms with Gasteiger partial charge in [0, 0.05) is 37.4 Å². The number of rotatable bonds is 5. The Labute approximate surface area is 176 Å². The highest BCUT2D eigenvalue weighted by molar-refractivity contribution is 5.96. The van der Waals surface area contributed by atoms with E-state index in [0.29, 0.717) is 18.7 Å². The summed E-state index contributed by atoms with van der Waals surface area (Å²) in [6.45, 7) is 5.08. The molecule has 1 saturated heterocycles. The number of hydrogen-bond acceptors (Lipinski definition) is 6. The van der Waals surface area contributed by atoms with Crippen molar-refractivity contribution in [2.75, 3.05) is 58.0 Å². The average Bonchev–Trinajstić information content (AvgIpc) is 2.95. The predicted molar refractivity (Wildman–Crippen MR) is 112 cm³/mol. The minimum absolute atomic E-state index is 0.0394. The molecule has 7 nitrogen and oxygen atoms in total. The summed E-state index contributed by atoms with van der Waals surface area (Å²) >= 11 is 0. The molecule has 2 aliphatic heterocycles. The van der Waals surface area contributed by atoms with Crippen molar-refractivity contribution in [3.8, 4) is 11.1 Å². The Morgan fingerprint density at radius 1 is 1.00 bits per heavy atom. The quantitative estimate of drug-likeness (QED) is 0.705. The highest BCUT2D eigenvalue weighted by atomic mass is 16.5. The van der Waals surface area contributed by atoms with Crippen LogP contribution in [0.25, 0.3) is 11.1 Å². The van der Waals surface area contributed by atoms with E-state index >= 15 is 0 Å². The van der Waals surface area contributed by atoms with E-state index in [1.165, 1.54) is 7.11 Å². The number of anilines is 1. The molecule has 30 heavy (non-hydrogen) atoms. The fraction of sp³-hybridized carbons (Fsp3) is 0.391. The van der Waals surface area contributed by atoms with E-state index in [-0.39, 0.29) is 18.5 Å². The highest BCUT2D eigenvalue weighted by Gasteiger charge is 2.24. The number of morpholine rings is 1. The van der Waals surface area contributed by atoms with Crippen molar-refractivity contribution >= 4 is 17.6 Å². The van der Waals surface area contributed by atoms with Crippen LogP contribution in [0, 0.1) is 0 Å². The Hall–Kier alpha value is -2.74. The van der Waals surface area contributed by atoms with Crippen molar-refractivity contribution in [1.29, 1.82) is 0 Å². The Morgan fingerprint density at radius 2 is 1.80 bits per heavy atom.